The van der Waals surface area contributed by atoms with Crippen molar-refractivity contribution in [1.82, 2.24) is 10.6 Å². The number of nitrogens with zero attached hydrogens (tertiary/aromatic N) is 2. The second-order valence-corrected chi connectivity index (χ2v) is 10.5. The predicted octanol–water partition coefficient (Wildman–Crippen LogP) is 1.22. The van der Waals surface area contributed by atoms with Gasteiger partial charge in [0.15, 0.2) is 9.84 Å². The molecule has 0 bridgehead atoms. The Morgan fingerprint density at radius 1 is 1.28 bits per heavy atom. The van der Waals surface area contributed by atoms with Crippen LogP contribution in [0, 0.1) is 11.3 Å². The summed E-state index contributed by atoms with van der Waals surface area (Å²) in [5.74, 6) is -0.513. The number of benzene rings is 1. The second kappa shape index (κ2) is 8.20. The molecule has 1 aliphatic carbocycles. The van der Waals surface area contributed by atoms with E-state index in [4.69, 9.17) is 10.00 Å². The number of nitriles is 1. The Labute approximate surface area is 183 Å². The van der Waals surface area contributed by atoms with Crippen molar-refractivity contribution in [3.8, 4) is 6.07 Å². The van der Waals surface area contributed by atoms with Gasteiger partial charge in [0.2, 0.25) is 5.91 Å². The Hall–Kier alpha value is -2.36. The van der Waals surface area contributed by atoms with Gasteiger partial charge in [0.1, 0.15) is 5.54 Å². The molecule has 3 aliphatic rings. The predicted molar refractivity (Wildman–Crippen MR) is 108 cm³/mol. The molecule has 0 spiro atoms. The minimum atomic E-state index is -4.86. The van der Waals surface area contributed by atoms with Crippen LogP contribution in [-0.2, 0) is 25.5 Å². The second-order valence-electron chi connectivity index (χ2n) is 8.32. The monoisotopic (exact) mass is 472 g/mol. The van der Waals surface area contributed by atoms with Crippen molar-refractivity contribution in [3.63, 3.8) is 0 Å². The molecule has 0 radical (unpaired) electrons. The van der Waals surface area contributed by atoms with Gasteiger partial charge in [-0.3, -0.25) is 4.79 Å². The zero-order valence-corrected chi connectivity index (χ0v) is 17.9. The van der Waals surface area contributed by atoms with Crippen molar-refractivity contribution in [2.24, 2.45) is 0 Å². The molecule has 1 aromatic carbocycles. The Morgan fingerprint density at radius 3 is 2.56 bits per heavy atom. The molecule has 32 heavy (non-hydrogen) atoms. The number of anilines is 1. The van der Waals surface area contributed by atoms with E-state index in [2.05, 4.69) is 10.6 Å². The first-order chi connectivity index (χ1) is 15.1. The summed E-state index contributed by atoms with van der Waals surface area (Å²) < 4.78 is 73.0. The third-order valence-corrected chi connectivity index (χ3v) is 8.33. The van der Waals surface area contributed by atoms with E-state index in [0.717, 1.165) is 12.1 Å². The van der Waals surface area contributed by atoms with Gasteiger partial charge in [0, 0.05) is 25.3 Å². The highest BCUT2D eigenvalue weighted by Crippen LogP contribution is 2.39. The van der Waals surface area contributed by atoms with Crippen LogP contribution >= 0.6 is 0 Å². The lowest BCUT2D eigenvalue weighted by atomic mass is 10.1. The van der Waals surface area contributed by atoms with Gasteiger partial charge in [0.05, 0.1) is 41.0 Å². The normalized spacial score (nSPS) is 25.2. The van der Waals surface area contributed by atoms with Crippen molar-refractivity contribution >= 4 is 21.4 Å². The van der Waals surface area contributed by atoms with E-state index in [1.54, 1.807) is 4.90 Å². The van der Waals surface area contributed by atoms with Gasteiger partial charge >= 0.3 is 6.18 Å². The topological polar surface area (TPSA) is 112 Å². The number of sulfone groups is 1. The Kier molecular flexibility index (Phi) is 5.85. The van der Waals surface area contributed by atoms with Crippen molar-refractivity contribution in [3.05, 3.63) is 23.8 Å². The van der Waals surface area contributed by atoms with E-state index in [0.29, 0.717) is 39.1 Å². The minimum Gasteiger partial charge on any atom is -0.378 e. The van der Waals surface area contributed by atoms with Crippen molar-refractivity contribution < 1.29 is 31.1 Å². The zero-order chi connectivity index (χ0) is 23.1. The molecule has 2 aliphatic heterocycles. The van der Waals surface area contributed by atoms with Crippen LogP contribution < -0.4 is 15.5 Å². The molecule has 1 saturated carbocycles. The Balaban J connectivity index is 1.56. The molecule has 3 fully saturated rings. The Morgan fingerprint density at radius 2 is 1.97 bits per heavy atom. The fraction of sp³-hybridized carbons (Fsp3) is 0.600. The smallest absolute Gasteiger partial charge is 0.378 e. The highest BCUT2D eigenvalue weighted by atomic mass is 32.2. The number of carbonyl (C=O) groups excluding carboxylic acids is 1. The van der Waals surface area contributed by atoms with Gasteiger partial charge in [-0.05, 0) is 37.5 Å². The third-order valence-electron chi connectivity index (χ3n) is 6.12. The Bertz CT molecular complexity index is 1040. The first kappa shape index (κ1) is 22.8. The van der Waals surface area contributed by atoms with Crippen LogP contribution in [0.15, 0.2) is 23.1 Å². The molecule has 1 aromatic rings. The number of hydrogen-bond acceptors (Lipinski definition) is 7. The lowest BCUT2D eigenvalue weighted by Crippen LogP contribution is -2.45. The average molecular weight is 472 g/mol. The van der Waals surface area contributed by atoms with E-state index in [9.17, 15) is 26.4 Å². The molecule has 0 unspecified atom stereocenters. The molecular formula is C20H23F3N4O4S. The number of ether oxygens (including phenoxy) is 1. The molecule has 2 N–H and O–H groups in total. The summed E-state index contributed by atoms with van der Waals surface area (Å²) in [4.78, 5) is 13.3. The van der Waals surface area contributed by atoms with Gasteiger partial charge < -0.3 is 20.3 Å². The maximum absolute atomic E-state index is 13.8. The fourth-order valence-corrected chi connectivity index (χ4v) is 5.90. The van der Waals surface area contributed by atoms with Crippen molar-refractivity contribution in [2.45, 2.75) is 47.2 Å². The van der Waals surface area contributed by atoms with E-state index >= 15 is 0 Å². The molecule has 174 valence electrons. The molecule has 2 atom stereocenters. The summed E-state index contributed by atoms with van der Waals surface area (Å²) in [6.07, 6.45) is -3.99. The van der Waals surface area contributed by atoms with Gasteiger partial charge in [-0.25, -0.2) is 8.42 Å². The van der Waals surface area contributed by atoms with E-state index in [1.807, 2.05) is 6.07 Å². The molecule has 0 aromatic heterocycles. The van der Waals surface area contributed by atoms with Gasteiger partial charge in [-0.1, -0.05) is 0 Å². The maximum atomic E-state index is 13.8. The molecule has 12 heteroatoms. The number of nitrogens with one attached hydrogen (secondary N) is 2. The van der Waals surface area contributed by atoms with Gasteiger partial charge in [-0.15, -0.1) is 0 Å². The van der Waals surface area contributed by atoms with Crippen LogP contribution in [-0.4, -0.2) is 64.0 Å². The van der Waals surface area contributed by atoms with Crippen LogP contribution in [0.4, 0.5) is 18.9 Å². The van der Waals surface area contributed by atoms with Crippen molar-refractivity contribution in [2.75, 3.05) is 37.7 Å². The van der Waals surface area contributed by atoms with E-state index in [-0.39, 0.29) is 18.7 Å². The lowest BCUT2D eigenvalue weighted by molar-refractivity contribution is -0.139. The number of carbonyl (C=O) groups is 1. The van der Waals surface area contributed by atoms with E-state index < -0.39 is 49.2 Å². The average Bonchev–Trinajstić information content (AvgIpc) is 3.34. The number of halogens is 3. The highest BCUT2D eigenvalue weighted by molar-refractivity contribution is 7.92. The molecular weight excluding hydrogens is 449 g/mol. The summed E-state index contributed by atoms with van der Waals surface area (Å²) in [5, 5.41) is 13.3. The summed E-state index contributed by atoms with van der Waals surface area (Å²) in [6.45, 7) is 1.44. The van der Waals surface area contributed by atoms with Crippen LogP contribution in [0.5, 0.6) is 0 Å². The fourth-order valence-electron chi connectivity index (χ4n) is 4.04. The summed E-state index contributed by atoms with van der Waals surface area (Å²) in [5.41, 5.74) is -1.84. The third kappa shape index (κ3) is 4.42. The minimum absolute atomic E-state index is 0.150. The van der Waals surface area contributed by atoms with Gasteiger partial charge in [-0.2, -0.15) is 18.4 Å². The molecule has 8 nitrogen and oxygen atoms in total. The maximum Gasteiger partial charge on any atom is 0.417 e. The quantitative estimate of drug-likeness (QED) is 0.663. The molecule has 2 saturated heterocycles. The zero-order valence-electron chi connectivity index (χ0n) is 17.1. The van der Waals surface area contributed by atoms with Crippen LogP contribution in [0.3, 0.4) is 0 Å². The summed E-state index contributed by atoms with van der Waals surface area (Å²) in [7, 11) is -4.37. The number of alkyl halides is 3. The van der Waals surface area contributed by atoms with Crippen LogP contribution in [0.1, 0.15) is 24.8 Å². The summed E-state index contributed by atoms with van der Waals surface area (Å²) in [6, 6.07) is 4.38. The first-order valence-corrected chi connectivity index (χ1v) is 11.8. The highest BCUT2D eigenvalue weighted by Gasteiger charge is 2.48. The SMILES string of the molecule is N#CC1(NC(=O)[C@@H]2C[C@@H](S(=O)(=O)c3ccc(N4CCOCC4)cc3C(F)(F)F)CN2)CC1. The summed E-state index contributed by atoms with van der Waals surface area (Å²) >= 11 is 0. The van der Waals surface area contributed by atoms with Gasteiger partial charge in [0.25, 0.3) is 0 Å². The molecule has 2 heterocycles. The number of rotatable bonds is 5. The van der Waals surface area contributed by atoms with Crippen LogP contribution in [0.25, 0.3) is 0 Å². The van der Waals surface area contributed by atoms with Crippen molar-refractivity contribution in [1.29, 1.82) is 5.26 Å². The molecule has 1 amide bonds. The largest absolute Gasteiger partial charge is 0.417 e. The molecule has 4 rings (SSSR count). The van der Waals surface area contributed by atoms with E-state index in [1.165, 1.54) is 6.07 Å². The number of morpholine rings is 1. The number of hydrogen-bond donors (Lipinski definition) is 2. The first-order valence-electron chi connectivity index (χ1n) is 10.3. The lowest BCUT2D eigenvalue weighted by Gasteiger charge is -2.30. The number of amides is 1. The van der Waals surface area contributed by atoms with Crippen LogP contribution in [0.2, 0.25) is 0 Å². The standard InChI is InChI=1S/C20H23F3N4O4S/c21-20(22,23)15-9-13(27-5-7-31-8-6-27)1-2-17(15)32(29,30)14-10-16(25-11-14)18(28)26-19(12-24)3-4-19/h1-2,9,14,16,25H,3-8,10-11H2,(H,26,28)/t14-,16+/m1/s1.